The number of ether oxygens (including phenoxy) is 1. The van der Waals surface area contributed by atoms with E-state index in [2.05, 4.69) is 5.32 Å². The Bertz CT molecular complexity index is 237. The number of alkyl halides is 1. The van der Waals surface area contributed by atoms with Gasteiger partial charge in [-0.3, -0.25) is 4.79 Å². The molecule has 1 rings (SSSR count). The molecule has 92 valence electrons. The lowest BCUT2D eigenvalue weighted by Gasteiger charge is -2.34. The largest absolute Gasteiger partial charge is 0.378 e. The average Bonchev–Trinajstić information content (AvgIpc) is 2.21. The standard InChI is InChI=1S/C12H20ClNO2/c1-2-16-11-7-10(8-11)9-12(15)14-6-4-3-5-13/h3-4,10-11H,2,5-9H2,1H3,(H,14,15)/b4-3+. The van der Waals surface area contributed by atoms with E-state index < -0.39 is 0 Å². The Hall–Kier alpha value is -0.540. The molecule has 1 saturated carbocycles. The molecule has 0 aliphatic heterocycles. The van der Waals surface area contributed by atoms with Crippen molar-refractivity contribution in [3.63, 3.8) is 0 Å². The number of rotatable bonds is 7. The molecule has 0 aromatic heterocycles. The van der Waals surface area contributed by atoms with Gasteiger partial charge in [-0.25, -0.2) is 0 Å². The van der Waals surface area contributed by atoms with Crippen LogP contribution in [0.3, 0.4) is 0 Å². The van der Waals surface area contributed by atoms with Crippen LogP contribution in [0, 0.1) is 5.92 Å². The molecule has 4 heteroatoms. The van der Waals surface area contributed by atoms with Crippen LogP contribution in [0.15, 0.2) is 12.2 Å². The predicted octanol–water partition coefficient (Wildman–Crippen LogP) is 2.10. The van der Waals surface area contributed by atoms with Gasteiger partial charge in [0.1, 0.15) is 0 Å². The summed E-state index contributed by atoms with van der Waals surface area (Å²) < 4.78 is 5.45. The highest BCUT2D eigenvalue weighted by Crippen LogP contribution is 2.32. The zero-order chi connectivity index (χ0) is 11.8. The van der Waals surface area contributed by atoms with E-state index in [1.165, 1.54) is 0 Å². The Morgan fingerprint density at radius 3 is 2.88 bits per heavy atom. The van der Waals surface area contributed by atoms with Crippen LogP contribution in [0.5, 0.6) is 0 Å². The van der Waals surface area contributed by atoms with Crippen LogP contribution in [0.2, 0.25) is 0 Å². The molecule has 1 N–H and O–H groups in total. The Morgan fingerprint density at radius 2 is 2.25 bits per heavy atom. The highest BCUT2D eigenvalue weighted by molar-refractivity contribution is 6.18. The third-order valence-electron chi connectivity index (χ3n) is 2.74. The van der Waals surface area contributed by atoms with Gasteiger partial charge in [-0.05, 0) is 25.7 Å². The number of amides is 1. The molecule has 1 fully saturated rings. The minimum absolute atomic E-state index is 0.124. The van der Waals surface area contributed by atoms with E-state index in [9.17, 15) is 4.79 Å². The molecule has 0 atom stereocenters. The van der Waals surface area contributed by atoms with E-state index in [0.717, 1.165) is 19.4 Å². The molecule has 0 aromatic carbocycles. The van der Waals surface area contributed by atoms with Crippen LogP contribution < -0.4 is 5.32 Å². The van der Waals surface area contributed by atoms with E-state index in [1.807, 2.05) is 19.1 Å². The van der Waals surface area contributed by atoms with E-state index in [0.29, 0.717) is 30.9 Å². The zero-order valence-electron chi connectivity index (χ0n) is 9.75. The summed E-state index contributed by atoms with van der Waals surface area (Å²) in [6.07, 6.45) is 6.76. The summed E-state index contributed by atoms with van der Waals surface area (Å²) in [4.78, 5) is 11.5. The second kappa shape index (κ2) is 7.69. The summed E-state index contributed by atoms with van der Waals surface area (Å²) in [7, 11) is 0. The molecule has 3 nitrogen and oxygen atoms in total. The highest BCUT2D eigenvalue weighted by Gasteiger charge is 2.30. The summed E-state index contributed by atoms with van der Waals surface area (Å²) >= 11 is 5.47. The van der Waals surface area contributed by atoms with Gasteiger partial charge in [0.25, 0.3) is 0 Å². The van der Waals surface area contributed by atoms with E-state index in [-0.39, 0.29) is 5.91 Å². The first-order valence-electron chi connectivity index (χ1n) is 5.85. The van der Waals surface area contributed by atoms with Crippen molar-refractivity contribution < 1.29 is 9.53 Å². The Kier molecular flexibility index (Phi) is 6.50. The topological polar surface area (TPSA) is 38.3 Å². The van der Waals surface area contributed by atoms with Gasteiger partial charge in [-0.1, -0.05) is 12.2 Å². The third-order valence-corrected chi connectivity index (χ3v) is 2.92. The summed E-state index contributed by atoms with van der Waals surface area (Å²) in [5, 5.41) is 2.84. The lowest BCUT2D eigenvalue weighted by Crippen LogP contribution is -2.35. The second-order valence-electron chi connectivity index (χ2n) is 4.05. The molecule has 1 aliphatic rings. The number of halogens is 1. The summed E-state index contributed by atoms with van der Waals surface area (Å²) in [6.45, 7) is 3.35. The van der Waals surface area contributed by atoms with Crippen molar-refractivity contribution in [2.45, 2.75) is 32.3 Å². The second-order valence-corrected chi connectivity index (χ2v) is 4.36. The molecule has 0 spiro atoms. The number of hydrogen-bond acceptors (Lipinski definition) is 2. The van der Waals surface area contributed by atoms with Gasteiger partial charge >= 0.3 is 0 Å². The maximum absolute atomic E-state index is 11.5. The average molecular weight is 246 g/mol. The number of carbonyl (C=O) groups is 1. The molecule has 1 aliphatic carbocycles. The summed E-state index contributed by atoms with van der Waals surface area (Å²) in [6, 6.07) is 0. The fraction of sp³-hybridized carbons (Fsp3) is 0.750. The van der Waals surface area contributed by atoms with E-state index in [1.54, 1.807) is 0 Å². The van der Waals surface area contributed by atoms with Crippen molar-refractivity contribution in [2.24, 2.45) is 5.92 Å². The minimum atomic E-state index is 0.124. The van der Waals surface area contributed by atoms with Crippen LogP contribution in [0.4, 0.5) is 0 Å². The maximum Gasteiger partial charge on any atom is 0.220 e. The third kappa shape index (κ3) is 4.99. The van der Waals surface area contributed by atoms with Gasteiger partial charge in [0, 0.05) is 25.5 Å². The number of carbonyl (C=O) groups excluding carboxylic acids is 1. The van der Waals surface area contributed by atoms with Crippen molar-refractivity contribution in [1.29, 1.82) is 0 Å². The molecule has 1 amide bonds. The molecule has 0 radical (unpaired) electrons. The monoisotopic (exact) mass is 245 g/mol. The van der Waals surface area contributed by atoms with Crippen LogP contribution in [0.1, 0.15) is 26.2 Å². The fourth-order valence-corrected chi connectivity index (χ4v) is 1.99. The van der Waals surface area contributed by atoms with Crippen molar-refractivity contribution >= 4 is 17.5 Å². The summed E-state index contributed by atoms with van der Waals surface area (Å²) in [5.74, 6) is 1.13. The quantitative estimate of drug-likeness (QED) is 0.551. The molecule has 0 aromatic rings. The van der Waals surface area contributed by atoms with Gasteiger partial charge < -0.3 is 10.1 Å². The summed E-state index contributed by atoms with van der Waals surface area (Å²) in [5.41, 5.74) is 0. The maximum atomic E-state index is 11.5. The smallest absolute Gasteiger partial charge is 0.220 e. The molecular weight excluding hydrogens is 226 g/mol. The number of hydrogen-bond donors (Lipinski definition) is 1. The SMILES string of the molecule is CCOC1CC(CC(=O)NC/C=C/CCl)C1. The van der Waals surface area contributed by atoms with Crippen LogP contribution in [0.25, 0.3) is 0 Å². The first-order chi connectivity index (χ1) is 7.76. The lowest BCUT2D eigenvalue weighted by molar-refractivity contribution is -0.124. The van der Waals surface area contributed by atoms with Crippen molar-refractivity contribution in [3.05, 3.63) is 12.2 Å². The van der Waals surface area contributed by atoms with Crippen LogP contribution in [-0.4, -0.2) is 31.0 Å². The molecule has 16 heavy (non-hydrogen) atoms. The Labute approximate surface area is 102 Å². The van der Waals surface area contributed by atoms with Gasteiger partial charge in [0.2, 0.25) is 5.91 Å². The van der Waals surface area contributed by atoms with Crippen molar-refractivity contribution in [1.82, 2.24) is 5.32 Å². The molecule has 0 bridgehead atoms. The van der Waals surface area contributed by atoms with Gasteiger partial charge in [0.15, 0.2) is 0 Å². The zero-order valence-corrected chi connectivity index (χ0v) is 10.5. The first-order valence-corrected chi connectivity index (χ1v) is 6.39. The Balaban J connectivity index is 2.01. The van der Waals surface area contributed by atoms with Crippen molar-refractivity contribution in [2.75, 3.05) is 19.0 Å². The van der Waals surface area contributed by atoms with Gasteiger partial charge in [-0.2, -0.15) is 0 Å². The molecule has 0 unspecified atom stereocenters. The van der Waals surface area contributed by atoms with Crippen molar-refractivity contribution in [3.8, 4) is 0 Å². The first kappa shape index (κ1) is 13.5. The molecule has 0 heterocycles. The van der Waals surface area contributed by atoms with Crippen LogP contribution in [-0.2, 0) is 9.53 Å². The minimum Gasteiger partial charge on any atom is -0.378 e. The number of nitrogens with one attached hydrogen (secondary N) is 1. The van der Waals surface area contributed by atoms with Gasteiger partial charge in [-0.15, -0.1) is 11.6 Å². The normalized spacial score (nSPS) is 24.4. The van der Waals surface area contributed by atoms with E-state index in [4.69, 9.17) is 16.3 Å². The van der Waals surface area contributed by atoms with Gasteiger partial charge in [0.05, 0.1) is 6.10 Å². The lowest BCUT2D eigenvalue weighted by atomic mass is 9.80. The number of allylic oxidation sites excluding steroid dienone is 1. The fourth-order valence-electron chi connectivity index (χ4n) is 1.87. The predicted molar refractivity (Wildman–Crippen MR) is 65.6 cm³/mol. The molecule has 0 saturated heterocycles. The Morgan fingerprint density at radius 1 is 1.50 bits per heavy atom. The molecular formula is C12H20ClNO2. The highest BCUT2D eigenvalue weighted by atomic mass is 35.5. The van der Waals surface area contributed by atoms with Crippen LogP contribution >= 0.6 is 11.6 Å². The van der Waals surface area contributed by atoms with E-state index >= 15 is 0 Å².